The van der Waals surface area contributed by atoms with Gasteiger partial charge in [-0.15, -0.1) is 0 Å². The zero-order valence-electron chi connectivity index (χ0n) is 12.3. The molecule has 0 fully saturated rings. The van der Waals surface area contributed by atoms with Gasteiger partial charge >= 0.3 is 6.18 Å². The Bertz CT molecular complexity index is 519. The van der Waals surface area contributed by atoms with Crippen LogP contribution in [-0.4, -0.2) is 20.3 Å². The van der Waals surface area contributed by atoms with Gasteiger partial charge in [-0.2, -0.15) is 18.4 Å². The molecular formula is C15H19F3N2O. The number of methoxy groups -OCH3 is 1. The Morgan fingerprint density at radius 2 is 1.95 bits per heavy atom. The Morgan fingerprint density at radius 3 is 2.48 bits per heavy atom. The van der Waals surface area contributed by atoms with Crippen LogP contribution < -0.4 is 5.32 Å². The normalized spacial score (nSPS) is 12.0. The first-order valence-electron chi connectivity index (χ1n) is 6.54. The molecule has 1 aromatic carbocycles. The first-order chi connectivity index (χ1) is 9.69. The average molecular weight is 300 g/mol. The first-order valence-corrected chi connectivity index (χ1v) is 6.54. The topological polar surface area (TPSA) is 45.0 Å². The van der Waals surface area contributed by atoms with Gasteiger partial charge in [-0.25, -0.2) is 0 Å². The van der Waals surface area contributed by atoms with E-state index in [2.05, 4.69) is 5.32 Å². The van der Waals surface area contributed by atoms with Crippen LogP contribution in [0.1, 0.15) is 31.4 Å². The SMILES string of the molecule is COCCC(C)(C)CNc1ccc(C(F)(F)F)cc1C#N. The largest absolute Gasteiger partial charge is 0.416 e. The van der Waals surface area contributed by atoms with Gasteiger partial charge in [0.15, 0.2) is 0 Å². The molecule has 0 aliphatic carbocycles. The van der Waals surface area contributed by atoms with Crippen molar-refractivity contribution in [2.45, 2.75) is 26.4 Å². The first kappa shape index (κ1) is 17.3. The minimum atomic E-state index is -4.44. The highest BCUT2D eigenvalue weighted by atomic mass is 19.4. The lowest BCUT2D eigenvalue weighted by Gasteiger charge is -2.25. The quantitative estimate of drug-likeness (QED) is 0.862. The van der Waals surface area contributed by atoms with Crippen molar-refractivity contribution in [1.29, 1.82) is 5.26 Å². The van der Waals surface area contributed by atoms with Crippen LogP contribution in [0.4, 0.5) is 18.9 Å². The van der Waals surface area contributed by atoms with E-state index in [-0.39, 0.29) is 11.0 Å². The van der Waals surface area contributed by atoms with E-state index in [1.807, 2.05) is 13.8 Å². The molecule has 0 unspecified atom stereocenters. The molecular weight excluding hydrogens is 281 g/mol. The standard InChI is InChI=1S/C15H19F3N2O/c1-14(2,6-7-21-3)10-20-13-5-4-12(15(16,17)18)8-11(13)9-19/h4-5,8,20H,6-7,10H2,1-3H3. The van der Waals surface area contributed by atoms with Gasteiger partial charge in [0.25, 0.3) is 0 Å². The molecule has 0 spiro atoms. The molecule has 3 nitrogen and oxygen atoms in total. The van der Waals surface area contributed by atoms with Gasteiger partial charge < -0.3 is 10.1 Å². The number of nitrogens with zero attached hydrogens (tertiary/aromatic N) is 1. The van der Waals surface area contributed by atoms with Crippen LogP contribution in [0.25, 0.3) is 0 Å². The molecule has 0 saturated carbocycles. The summed E-state index contributed by atoms with van der Waals surface area (Å²) < 4.78 is 42.8. The summed E-state index contributed by atoms with van der Waals surface area (Å²) in [5.41, 5.74) is -0.502. The van der Waals surface area contributed by atoms with Crippen molar-refractivity contribution in [3.05, 3.63) is 29.3 Å². The zero-order valence-corrected chi connectivity index (χ0v) is 12.3. The molecule has 6 heteroatoms. The Kier molecular flexibility index (Phi) is 5.62. The number of anilines is 1. The van der Waals surface area contributed by atoms with E-state index in [9.17, 15) is 13.2 Å². The second kappa shape index (κ2) is 6.81. The van der Waals surface area contributed by atoms with Crippen LogP contribution in [0.2, 0.25) is 0 Å². The number of nitriles is 1. The smallest absolute Gasteiger partial charge is 0.385 e. The molecule has 21 heavy (non-hydrogen) atoms. The Hall–Kier alpha value is -1.74. The molecule has 0 aromatic heterocycles. The maximum Gasteiger partial charge on any atom is 0.416 e. The molecule has 0 aliphatic heterocycles. The number of hydrogen-bond acceptors (Lipinski definition) is 3. The van der Waals surface area contributed by atoms with E-state index in [0.717, 1.165) is 18.6 Å². The lowest BCUT2D eigenvalue weighted by Crippen LogP contribution is -2.25. The number of halogens is 3. The third-order valence-corrected chi connectivity index (χ3v) is 3.21. The van der Waals surface area contributed by atoms with Gasteiger partial charge in [-0.05, 0) is 30.0 Å². The lowest BCUT2D eigenvalue weighted by molar-refractivity contribution is -0.137. The number of nitrogens with one attached hydrogen (secondary N) is 1. The molecule has 1 N–H and O–H groups in total. The minimum absolute atomic E-state index is 0.00707. The van der Waals surface area contributed by atoms with Gasteiger partial charge in [0.2, 0.25) is 0 Å². The van der Waals surface area contributed by atoms with Gasteiger partial charge in [0, 0.05) is 20.3 Å². The van der Waals surface area contributed by atoms with Crippen molar-refractivity contribution in [3.8, 4) is 6.07 Å². The minimum Gasteiger partial charge on any atom is -0.385 e. The Labute approximate surface area is 122 Å². The van der Waals surface area contributed by atoms with Gasteiger partial charge in [0.1, 0.15) is 6.07 Å². The van der Waals surface area contributed by atoms with Gasteiger partial charge in [0.05, 0.1) is 16.8 Å². The molecule has 0 amide bonds. The Morgan fingerprint density at radius 1 is 1.29 bits per heavy atom. The maximum atomic E-state index is 12.6. The molecule has 0 aliphatic rings. The van der Waals surface area contributed by atoms with E-state index in [0.29, 0.717) is 18.8 Å². The second-order valence-corrected chi connectivity index (χ2v) is 5.63. The summed E-state index contributed by atoms with van der Waals surface area (Å²) in [6.07, 6.45) is -3.64. The molecule has 0 saturated heterocycles. The number of alkyl halides is 3. The predicted molar refractivity (Wildman–Crippen MR) is 74.9 cm³/mol. The summed E-state index contributed by atoms with van der Waals surface area (Å²) in [6, 6.07) is 4.94. The van der Waals surface area contributed by atoms with E-state index in [4.69, 9.17) is 10.00 Å². The van der Waals surface area contributed by atoms with Gasteiger partial charge in [-0.3, -0.25) is 0 Å². The second-order valence-electron chi connectivity index (χ2n) is 5.63. The van der Waals surface area contributed by atoms with Crippen molar-refractivity contribution in [3.63, 3.8) is 0 Å². The fraction of sp³-hybridized carbons (Fsp3) is 0.533. The van der Waals surface area contributed by atoms with Gasteiger partial charge in [-0.1, -0.05) is 13.8 Å². The molecule has 1 aromatic rings. The van der Waals surface area contributed by atoms with Crippen LogP contribution in [0.5, 0.6) is 0 Å². The maximum absolute atomic E-state index is 12.6. The molecule has 0 heterocycles. The zero-order chi connectivity index (χ0) is 16.1. The van der Waals surface area contributed by atoms with Crippen LogP contribution >= 0.6 is 0 Å². The highest BCUT2D eigenvalue weighted by molar-refractivity contribution is 5.59. The van der Waals surface area contributed by atoms with Crippen LogP contribution in [0, 0.1) is 16.7 Å². The summed E-state index contributed by atoms with van der Waals surface area (Å²) in [5.74, 6) is 0. The van der Waals surface area contributed by atoms with Crippen molar-refractivity contribution < 1.29 is 17.9 Å². The summed E-state index contributed by atoms with van der Waals surface area (Å²) >= 11 is 0. The van der Waals surface area contributed by atoms with Crippen molar-refractivity contribution in [2.75, 3.05) is 25.6 Å². The third-order valence-electron chi connectivity index (χ3n) is 3.21. The number of hydrogen-bond donors (Lipinski definition) is 1. The Balaban J connectivity index is 2.83. The average Bonchev–Trinajstić information content (AvgIpc) is 2.42. The highest BCUT2D eigenvalue weighted by Gasteiger charge is 2.31. The molecule has 0 atom stereocenters. The molecule has 116 valence electrons. The monoisotopic (exact) mass is 300 g/mol. The van der Waals surface area contributed by atoms with E-state index in [1.54, 1.807) is 13.2 Å². The van der Waals surface area contributed by atoms with Crippen molar-refractivity contribution in [1.82, 2.24) is 0 Å². The summed E-state index contributed by atoms with van der Waals surface area (Å²) in [4.78, 5) is 0. The number of rotatable bonds is 6. The highest BCUT2D eigenvalue weighted by Crippen LogP contribution is 2.32. The number of ether oxygens (including phenoxy) is 1. The summed E-state index contributed by atoms with van der Waals surface area (Å²) in [7, 11) is 1.62. The molecule has 1 rings (SSSR count). The fourth-order valence-electron chi connectivity index (χ4n) is 1.77. The lowest BCUT2D eigenvalue weighted by atomic mass is 9.89. The number of benzene rings is 1. The van der Waals surface area contributed by atoms with Crippen LogP contribution in [-0.2, 0) is 10.9 Å². The van der Waals surface area contributed by atoms with E-state index < -0.39 is 11.7 Å². The molecule has 0 bridgehead atoms. The van der Waals surface area contributed by atoms with Crippen LogP contribution in [0.3, 0.4) is 0 Å². The van der Waals surface area contributed by atoms with E-state index in [1.165, 1.54) is 6.07 Å². The summed E-state index contributed by atoms with van der Waals surface area (Å²) in [6.45, 7) is 5.19. The fourth-order valence-corrected chi connectivity index (χ4v) is 1.77. The summed E-state index contributed by atoms with van der Waals surface area (Å²) in [5, 5.41) is 12.0. The molecule has 0 radical (unpaired) electrons. The van der Waals surface area contributed by atoms with E-state index >= 15 is 0 Å². The predicted octanol–water partition coefficient (Wildman–Crippen LogP) is 4.05. The third kappa shape index (κ3) is 5.27. The van der Waals surface area contributed by atoms with Crippen LogP contribution in [0.15, 0.2) is 18.2 Å². The van der Waals surface area contributed by atoms with Crippen molar-refractivity contribution >= 4 is 5.69 Å². The van der Waals surface area contributed by atoms with Crippen molar-refractivity contribution in [2.24, 2.45) is 5.41 Å².